The van der Waals surface area contributed by atoms with E-state index < -0.39 is 0 Å². The van der Waals surface area contributed by atoms with Crippen molar-refractivity contribution >= 4 is 17.9 Å². The van der Waals surface area contributed by atoms with E-state index in [0.29, 0.717) is 12.6 Å². The zero-order valence-corrected chi connectivity index (χ0v) is 13.6. The fraction of sp³-hybridized carbons (Fsp3) is 0.529. The van der Waals surface area contributed by atoms with Crippen LogP contribution in [-0.4, -0.2) is 29.5 Å². The predicted molar refractivity (Wildman–Crippen MR) is 87.5 cm³/mol. The minimum Gasteiger partial charge on any atom is -0.355 e. The zero-order valence-electron chi connectivity index (χ0n) is 13.6. The van der Waals surface area contributed by atoms with Gasteiger partial charge in [-0.05, 0) is 50.8 Å². The highest BCUT2D eigenvalue weighted by atomic mass is 16.2. The summed E-state index contributed by atoms with van der Waals surface area (Å²) in [5.74, 6) is -0.404. The molecule has 0 saturated heterocycles. The Morgan fingerprint density at radius 3 is 2.68 bits per heavy atom. The Hall–Kier alpha value is -2.04. The molecule has 1 aliphatic carbocycles. The molecule has 1 saturated carbocycles. The molecular formula is C17H25N3O2. The smallest absolute Gasteiger partial charge is 0.244 e. The van der Waals surface area contributed by atoms with Gasteiger partial charge in [0, 0.05) is 30.1 Å². The van der Waals surface area contributed by atoms with Crippen LogP contribution < -0.4 is 10.6 Å². The second-order valence-electron chi connectivity index (χ2n) is 5.83. The maximum atomic E-state index is 11.8. The highest BCUT2D eigenvalue weighted by Crippen LogP contribution is 2.38. The van der Waals surface area contributed by atoms with E-state index in [4.69, 9.17) is 0 Å². The Morgan fingerprint density at radius 1 is 1.32 bits per heavy atom. The molecule has 2 N–H and O–H groups in total. The number of aryl methyl sites for hydroxylation is 1. The van der Waals surface area contributed by atoms with Gasteiger partial charge in [0.1, 0.15) is 0 Å². The molecule has 0 radical (unpaired) electrons. The predicted octanol–water partition coefficient (Wildman–Crippen LogP) is 2.10. The van der Waals surface area contributed by atoms with Gasteiger partial charge in [0.2, 0.25) is 11.8 Å². The van der Waals surface area contributed by atoms with E-state index in [1.54, 1.807) is 0 Å². The van der Waals surface area contributed by atoms with Gasteiger partial charge in [0.25, 0.3) is 0 Å². The topological polar surface area (TPSA) is 63.1 Å². The summed E-state index contributed by atoms with van der Waals surface area (Å²) in [6, 6.07) is 2.74. The van der Waals surface area contributed by atoms with E-state index in [9.17, 15) is 9.59 Å². The Morgan fingerprint density at radius 2 is 2.05 bits per heavy atom. The Balaban J connectivity index is 1.87. The van der Waals surface area contributed by atoms with Crippen LogP contribution in [0.4, 0.5) is 0 Å². The Kier molecular flexibility index (Phi) is 5.41. The van der Waals surface area contributed by atoms with Gasteiger partial charge in [0.15, 0.2) is 0 Å². The normalized spacial score (nSPS) is 14.3. The van der Waals surface area contributed by atoms with Gasteiger partial charge in [-0.15, -0.1) is 0 Å². The lowest BCUT2D eigenvalue weighted by atomic mass is 10.2. The minimum absolute atomic E-state index is 0.0181. The highest BCUT2D eigenvalue weighted by molar-refractivity contribution is 5.94. The summed E-state index contributed by atoms with van der Waals surface area (Å²) in [6.45, 7) is 6.82. The zero-order chi connectivity index (χ0) is 16.1. The first-order chi connectivity index (χ1) is 10.5. The monoisotopic (exact) mass is 303 g/mol. The van der Waals surface area contributed by atoms with Gasteiger partial charge in [-0.25, -0.2) is 0 Å². The third kappa shape index (κ3) is 4.23. The number of amides is 2. The van der Waals surface area contributed by atoms with Gasteiger partial charge < -0.3 is 15.2 Å². The Bertz CT molecular complexity index is 583. The molecule has 5 nitrogen and oxygen atoms in total. The number of aromatic nitrogens is 1. The molecule has 1 heterocycles. The molecule has 0 atom stereocenters. The first kappa shape index (κ1) is 16.3. The van der Waals surface area contributed by atoms with Crippen molar-refractivity contribution in [2.75, 3.05) is 13.1 Å². The van der Waals surface area contributed by atoms with E-state index >= 15 is 0 Å². The van der Waals surface area contributed by atoms with Crippen molar-refractivity contribution in [3.63, 3.8) is 0 Å². The minimum atomic E-state index is -0.247. The van der Waals surface area contributed by atoms with Crippen molar-refractivity contribution < 1.29 is 9.59 Å². The van der Waals surface area contributed by atoms with Crippen molar-refractivity contribution in [1.29, 1.82) is 0 Å². The van der Waals surface area contributed by atoms with E-state index in [1.165, 1.54) is 30.3 Å². The molecule has 120 valence electrons. The molecule has 2 rings (SSSR count). The summed E-state index contributed by atoms with van der Waals surface area (Å²) in [6.07, 6.45) is 6.68. The fourth-order valence-electron chi connectivity index (χ4n) is 2.58. The lowest BCUT2D eigenvalue weighted by molar-refractivity contribution is -0.123. The SMILES string of the molecule is CCCNC(=O)CNC(=O)/C=C/c1cc(C)n(C2CC2)c1C. The van der Waals surface area contributed by atoms with Crippen LogP contribution in [0, 0.1) is 13.8 Å². The molecule has 1 aromatic heterocycles. The van der Waals surface area contributed by atoms with Gasteiger partial charge in [0.05, 0.1) is 6.54 Å². The van der Waals surface area contributed by atoms with Crippen LogP contribution in [0.3, 0.4) is 0 Å². The van der Waals surface area contributed by atoms with Crippen molar-refractivity contribution in [1.82, 2.24) is 15.2 Å². The molecule has 0 unspecified atom stereocenters. The molecule has 2 amide bonds. The summed E-state index contributed by atoms with van der Waals surface area (Å²) in [7, 11) is 0. The van der Waals surface area contributed by atoms with E-state index in [-0.39, 0.29) is 18.4 Å². The van der Waals surface area contributed by atoms with Crippen LogP contribution in [-0.2, 0) is 9.59 Å². The van der Waals surface area contributed by atoms with Crippen LogP contribution in [0.15, 0.2) is 12.1 Å². The molecule has 1 fully saturated rings. The van der Waals surface area contributed by atoms with Gasteiger partial charge in [-0.3, -0.25) is 9.59 Å². The average Bonchev–Trinajstić information content (AvgIpc) is 3.27. The summed E-state index contributed by atoms with van der Waals surface area (Å²) >= 11 is 0. The summed E-state index contributed by atoms with van der Waals surface area (Å²) < 4.78 is 2.34. The third-order valence-corrected chi connectivity index (χ3v) is 3.85. The second kappa shape index (κ2) is 7.29. The summed E-state index contributed by atoms with van der Waals surface area (Å²) in [5, 5.41) is 5.31. The van der Waals surface area contributed by atoms with E-state index in [1.807, 2.05) is 13.0 Å². The number of carbonyl (C=O) groups is 2. The maximum absolute atomic E-state index is 11.8. The largest absolute Gasteiger partial charge is 0.355 e. The molecule has 0 aliphatic heterocycles. The summed E-state index contributed by atoms with van der Waals surface area (Å²) in [4.78, 5) is 23.2. The molecule has 1 aliphatic rings. The number of hydrogen-bond donors (Lipinski definition) is 2. The number of carbonyl (C=O) groups excluding carboxylic acids is 2. The molecule has 0 bridgehead atoms. The van der Waals surface area contributed by atoms with E-state index in [0.717, 1.165) is 12.0 Å². The molecule has 0 aromatic carbocycles. The van der Waals surface area contributed by atoms with Crippen LogP contribution in [0.1, 0.15) is 49.2 Å². The molecule has 1 aromatic rings. The molecular weight excluding hydrogens is 278 g/mol. The van der Waals surface area contributed by atoms with Crippen LogP contribution >= 0.6 is 0 Å². The first-order valence-corrected chi connectivity index (χ1v) is 7.94. The quantitative estimate of drug-likeness (QED) is 0.758. The Labute approximate surface area is 131 Å². The van der Waals surface area contributed by atoms with Crippen molar-refractivity contribution in [2.24, 2.45) is 0 Å². The number of hydrogen-bond acceptors (Lipinski definition) is 2. The lowest BCUT2D eigenvalue weighted by Crippen LogP contribution is -2.36. The summed E-state index contributed by atoms with van der Waals surface area (Å²) in [5.41, 5.74) is 3.50. The van der Waals surface area contributed by atoms with Crippen LogP contribution in [0.2, 0.25) is 0 Å². The highest BCUT2D eigenvalue weighted by Gasteiger charge is 2.26. The molecule has 22 heavy (non-hydrogen) atoms. The van der Waals surface area contributed by atoms with E-state index in [2.05, 4.69) is 35.1 Å². The third-order valence-electron chi connectivity index (χ3n) is 3.85. The fourth-order valence-corrected chi connectivity index (χ4v) is 2.58. The number of nitrogens with zero attached hydrogens (tertiary/aromatic N) is 1. The van der Waals surface area contributed by atoms with Crippen LogP contribution in [0.5, 0.6) is 0 Å². The van der Waals surface area contributed by atoms with Crippen LogP contribution in [0.25, 0.3) is 6.08 Å². The van der Waals surface area contributed by atoms with Crippen molar-refractivity contribution in [2.45, 2.75) is 46.1 Å². The van der Waals surface area contributed by atoms with Crippen molar-refractivity contribution in [3.8, 4) is 0 Å². The standard InChI is InChI=1S/C17H25N3O2/c1-4-9-18-17(22)11-19-16(21)8-5-14-10-12(2)20(13(14)3)15-6-7-15/h5,8,10,15H,4,6-7,9,11H2,1-3H3,(H,18,22)(H,19,21)/b8-5+. The van der Waals surface area contributed by atoms with Crippen molar-refractivity contribution in [3.05, 3.63) is 29.1 Å². The molecule has 5 heteroatoms. The maximum Gasteiger partial charge on any atom is 0.244 e. The first-order valence-electron chi connectivity index (χ1n) is 7.94. The number of rotatable bonds is 7. The number of nitrogens with one attached hydrogen (secondary N) is 2. The molecule has 0 spiro atoms. The lowest BCUT2D eigenvalue weighted by Gasteiger charge is -2.06. The van der Waals surface area contributed by atoms with Gasteiger partial charge in [-0.1, -0.05) is 6.92 Å². The average molecular weight is 303 g/mol. The van der Waals surface area contributed by atoms with Gasteiger partial charge >= 0.3 is 0 Å². The second-order valence-corrected chi connectivity index (χ2v) is 5.83. The van der Waals surface area contributed by atoms with Gasteiger partial charge in [-0.2, -0.15) is 0 Å².